The molecule has 0 aliphatic heterocycles. The topological polar surface area (TPSA) is 20.7 Å². The van der Waals surface area contributed by atoms with Gasteiger partial charge >= 0.3 is 0 Å². The summed E-state index contributed by atoms with van der Waals surface area (Å²) in [5, 5.41) is 0. The molecule has 1 unspecified atom stereocenters. The molecule has 4 heteroatoms. The van der Waals surface area contributed by atoms with Gasteiger partial charge in [0.05, 0.1) is 0 Å². The maximum atomic E-state index is 5.40. The lowest BCUT2D eigenvalue weighted by Crippen LogP contribution is -2.22. The molecule has 1 atom stereocenters. The Labute approximate surface area is 108 Å². The zero-order chi connectivity index (χ0) is 12.3. The molecule has 1 heterocycles. The van der Waals surface area contributed by atoms with Gasteiger partial charge in [0.25, 0.3) is 0 Å². The van der Waals surface area contributed by atoms with Gasteiger partial charge in [0, 0.05) is 29.1 Å². The highest BCUT2D eigenvalue weighted by molar-refractivity contribution is 7.98. The van der Waals surface area contributed by atoms with E-state index in [0.717, 1.165) is 16.9 Å². The summed E-state index contributed by atoms with van der Waals surface area (Å²) in [6, 6.07) is 0.503. The molecule has 0 amide bonds. The predicted octanol–water partition coefficient (Wildman–Crippen LogP) is 4.16. The molecule has 0 aromatic carbocycles. The third-order valence-corrected chi connectivity index (χ3v) is 3.81. The van der Waals surface area contributed by atoms with Crippen LogP contribution in [0.4, 0.5) is 0 Å². The van der Waals surface area contributed by atoms with Gasteiger partial charge in [0.2, 0.25) is 0 Å². The highest BCUT2D eigenvalue weighted by Gasteiger charge is 2.22. The fourth-order valence-corrected chi connectivity index (χ4v) is 2.96. The fourth-order valence-electron chi connectivity index (χ4n) is 1.89. The largest absolute Gasteiger partial charge is 0.337 e. The number of H-pyrrole nitrogens is 1. The Morgan fingerprint density at radius 3 is 2.56 bits per heavy atom. The van der Waals surface area contributed by atoms with Crippen LogP contribution in [0.15, 0.2) is 6.20 Å². The number of imidazole rings is 1. The first kappa shape index (κ1) is 13.8. The minimum Gasteiger partial charge on any atom is -0.337 e. The molecule has 0 saturated carbocycles. The molecule has 0 aliphatic rings. The zero-order valence-electron chi connectivity index (χ0n) is 10.8. The summed E-state index contributed by atoms with van der Waals surface area (Å²) in [6.07, 6.45) is 5.33. The Bertz CT molecular complexity index is 384. The number of aromatic amines is 1. The third-order valence-electron chi connectivity index (χ3n) is 2.77. The van der Waals surface area contributed by atoms with Crippen molar-refractivity contribution in [2.45, 2.75) is 45.6 Å². The summed E-state index contributed by atoms with van der Waals surface area (Å²) in [5.74, 6) is 1.12. The Kier molecular flexibility index (Phi) is 4.68. The van der Waals surface area contributed by atoms with Gasteiger partial charge in [-0.2, -0.15) is 11.8 Å². The third kappa shape index (κ3) is 2.92. The number of nitrogens with one attached hydrogen (secondary N) is 1. The molecule has 0 spiro atoms. The van der Waals surface area contributed by atoms with E-state index < -0.39 is 0 Å². The predicted molar refractivity (Wildman–Crippen MR) is 76.0 cm³/mol. The van der Waals surface area contributed by atoms with E-state index in [1.54, 1.807) is 0 Å². The quantitative estimate of drug-likeness (QED) is 0.819. The molecule has 1 N–H and O–H groups in total. The number of hydrogen-bond donors (Lipinski definition) is 1. The first-order chi connectivity index (χ1) is 7.41. The molecule has 1 aromatic rings. The summed E-state index contributed by atoms with van der Waals surface area (Å²) in [5.41, 5.74) is 1.44. The van der Waals surface area contributed by atoms with Crippen molar-refractivity contribution < 1.29 is 0 Å². The SMILES string of the molecule is CCC(CSC)n1c(C(C)(C)C)c[nH]c1=S. The van der Waals surface area contributed by atoms with Crippen LogP contribution < -0.4 is 0 Å². The maximum Gasteiger partial charge on any atom is 0.177 e. The first-order valence-corrected chi connectivity index (χ1v) is 7.51. The fraction of sp³-hybridized carbons (Fsp3) is 0.750. The van der Waals surface area contributed by atoms with Crippen LogP contribution in [0.1, 0.15) is 45.9 Å². The monoisotopic (exact) mass is 258 g/mol. The van der Waals surface area contributed by atoms with Crippen LogP contribution in [0.3, 0.4) is 0 Å². The van der Waals surface area contributed by atoms with E-state index in [9.17, 15) is 0 Å². The zero-order valence-corrected chi connectivity index (χ0v) is 12.5. The molecule has 0 saturated heterocycles. The number of thioether (sulfide) groups is 1. The van der Waals surface area contributed by atoms with Crippen LogP contribution in [0.25, 0.3) is 0 Å². The average molecular weight is 258 g/mol. The second-order valence-electron chi connectivity index (χ2n) is 5.12. The van der Waals surface area contributed by atoms with Crippen molar-refractivity contribution in [3.05, 3.63) is 16.7 Å². The van der Waals surface area contributed by atoms with Gasteiger partial charge in [-0.3, -0.25) is 0 Å². The highest BCUT2D eigenvalue weighted by Crippen LogP contribution is 2.27. The standard InChI is InChI=1S/C12H22N2S2/c1-6-9(8-16-5)14-10(12(2,3)4)7-13-11(14)15/h7,9H,6,8H2,1-5H3,(H,13,15). The van der Waals surface area contributed by atoms with Gasteiger partial charge in [0.15, 0.2) is 4.77 Å². The van der Waals surface area contributed by atoms with Crippen molar-refractivity contribution >= 4 is 24.0 Å². The smallest absolute Gasteiger partial charge is 0.177 e. The normalized spacial score (nSPS) is 14.1. The van der Waals surface area contributed by atoms with Gasteiger partial charge in [-0.15, -0.1) is 0 Å². The Morgan fingerprint density at radius 1 is 1.50 bits per heavy atom. The van der Waals surface area contributed by atoms with Crippen molar-refractivity contribution in [3.63, 3.8) is 0 Å². The maximum absolute atomic E-state index is 5.40. The number of hydrogen-bond acceptors (Lipinski definition) is 2. The molecule has 2 nitrogen and oxygen atoms in total. The van der Waals surface area contributed by atoms with Crippen LogP contribution in [-0.4, -0.2) is 21.6 Å². The molecule has 1 rings (SSSR count). The molecular weight excluding hydrogens is 236 g/mol. The average Bonchev–Trinajstić information content (AvgIpc) is 2.56. The second kappa shape index (κ2) is 5.41. The van der Waals surface area contributed by atoms with Crippen LogP contribution >= 0.6 is 24.0 Å². The van der Waals surface area contributed by atoms with Crippen LogP contribution in [0.2, 0.25) is 0 Å². The molecule has 0 aliphatic carbocycles. The second-order valence-corrected chi connectivity index (χ2v) is 6.41. The highest BCUT2D eigenvalue weighted by atomic mass is 32.2. The Balaban J connectivity index is 3.20. The van der Waals surface area contributed by atoms with E-state index in [0.29, 0.717) is 6.04 Å². The molecule has 0 bridgehead atoms. The molecule has 92 valence electrons. The summed E-state index contributed by atoms with van der Waals surface area (Å²) < 4.78 is 3.15. The number of aromatic nitrogens is 2. The van der Waals surface area contributed by atoms with E-state index in [4.69, 9.17) is 12.2 Å². The van der Waals surface area contributed by atoms with E-state index in [2.05, 4.69) is 49.7 Å². The van der Waals surface area contributed by atoms with Crippen LogP contribution in [0, 0.1) is 4.77 Å². The van der Waals surface area contributed by atoms with Crippen molar-refractivity contribution in [1.29, 1.82) is 0 Å². The van der Waals surface area contributed by atoms with Gasteiger partial charge < -0.3 is 9.55 Å². The number of nitrogens with zero attached hydrogens (tertiary/aromatic N) is 1. The Morgan fingerprint density at radius 2 is 2.12 bits per heavy atom. The summed E-state index contributed by atoms with van der Waals surface area (Å²) in [7, 11) is 0. The molecular formula is C12H22N2S2. The van der Waals surface area contributed by atoms with Gasteiger partial charge in [0.1, 0.15) is 0 Å². The molecule has 16 heavy (non-hydrogen) atoms. The van der Waals surface area contributed by atoms with E-state index in [1.165, 1.54) is 5.69 Å². The van der Waals surface area contributed by atoms with E-state index in [1.807, 2.05) is 11.8 Å². The van der Waals surface area contributed by atoms with Gasteiger partial charge in [-0.05, 0) is 24.9 Å². The van der Waals surface area contributed by atoms with Gasteiger partial charge in [-0.25, -0.2) is 0 Å². The molecule has 0 radical (unpaired) electrons. The van der Waals surface area contributed by atoms with E-state index >= 15 is 0 Å². The minimum atomic E-state index is 0.138. The first-order valence-electron chi connectivity index (χ1n) is 5.71. The van der Waals surface area contributed by atoms with Crippen molar-refractivity contribution in [3.8, 4) is 0 Å². The van der Waals surface area contributed by atoms with Crippen molar-refractivity contribution in [2.75, 3.05) is 12.0 Å². The van der Waals surface area contributed by atoms with Crippen molar-refractivity contribution in [1.82, 2.24) is 9.55 Å². The summed E-state index contributed by atoms with van der Waals surface area (Å²) in [6.45, 7) is 8.91. The summed E-state index contributed by atoms with van der Waals surface area (Å²) >= 11 is 7.28. The molecule has 1 aromatic heterocycles. The lowest BCUT2D eigenvalue weighted by Gasteiger charge is -2.25. The lowest BCUT2D eigenvalue weighted by molar-refractivity contribution is 0.456. The Hall–Kier alpha value is -0.220. The number of rotatable bonds is 4. The van der Waals surface area contributed by atoms with Crippen molar-refractivity contribution in [2.24, 2.45) is 0 Å². The lowest BCUT2D eigenvalue weighted by atomic mass is 9.92. The minimum absolute atomic E-state index is 0.138. The van der Waals surface area contributed by atoms with E-state index in [-0.39, 0.29) is 5.41 Å². The van der Waals surface area contributed by atoms with Gasteiger partial charge in [-0.1, -0.05) is 27.7 Å². The summed E-state index contributed by atoms with van der Waals surface area (Å²) in [4.78, 5) is 3.19. The molecule has 0 fully saturated rings. The van der Waals surface area contributed by atoms with Crippen LogP contribution in [-0.2, 0) is 5.41 Å². The van der Waals surface area contributed by atoms with Crippen LogP contribution in [0.5, 0.6) is 0 Å².